The smallest absolute Gasteiger partial charge is 0.243 e. The zero-order valence-electron chi connectivity index (χ0n) is 16.0. The van der Waals surface area contributed by atoms with Gasteiger partial charge in [0, 0.05) is 24.7 Å². The molecule has 2 N–H and O–H groups in total. The number of sulfonamides is 1. The van der Waals surface area contributed by atoms with Gasteiger partial charge in [-0.2, -0.15) is 4.31 Å². The zero-order chi connectivity index (χ0) is 19.4. The van der Waals surface area contributed by atoms with Crippen molar-refractivity contribution in [1.82, 2.24) is 14.9 Å². The summed E-state index contributed by atoms with van der Waals surface area (Å²) in [6, 6.07) is 5.29. The Labute approximate surface area is 172 Å². The topological polar surface area (TPSA) is 95.6 Å². The third-order valence-corrected chi connectivity index (χ3v) is 7.19. The first-order chi connectivity index (χ1) is 12.9. The van der Waals surface area contributed by atoms with Gasteiger partial charge in [0.05, 0.1) is 4.90 Å². The van der Waals surface area contributed by atoms with E-state index in [4.69, 9.17) is 0 Å². The van der Waals surface area contributed by atoms with Gasteiger partial charge in [-0.05, 0) is 51.3 Å². The van der Waals surface area contributed by atoms with Crippen molar-refractivity contribution in [3.63, 3.8) is 0 Å². The van der Waals surface area contributed by atoms with Crippen LogP contribution in [0, 0.1) is 0 Å². The van der Waals surface area contributed by atoms with Crippen LogP contribution in [-0.2, 0) is 14.8 Å². The number of benzene rings is 1. The molecule has 2 saturated heterocycles. The van der Waals surface area contributed by atoms with E-state index in [9.17, 15) is 18.0 Å². The van der Waals surface area contributed by atoms with Crippen LogP contribution in [0.15, 0.2) is 29.2 Å². The summed E-state index contributed by atoms with van der Waals surface area (Å²) in [6.45, 7) is 3.44. The minimum Gasteiger partial charge on any atom is -0.351 e. The minimum atomic E-state index is -3.79. The lowest BCUT2D eigenvalue weighted by molar-refractivity contribution is -0.126. The van der Waals surface area contributed by atoms with E-state index in [1.807, 2.05) is 0 Å². The van der Waals surface area contributed by atoms with Gasteiger partial charge in [-0.25, -0.2) is 8.42 Å². The number of hydrogen-bond donors (Lipinski definition) is 2. The Balaban J connectivity index is 0.00000280. The van der Waals surface area contributed by atoms with Crippen molar-refractivity contribution in [2.75, 3.05) is 19.6 Å². The number of ketones is 1. The van der Waals surface area contributed by atoms with E-state index in [0.29, 0.717) is 18.5 Å². The molecule has 2 fully saturated rings. The molecule has 0 saturated carbocycles. The summed E-state index contributed by atoms with van der Waals surface area (Å²) in [6.07, 6.45) is 4.00. The number of amides is 1. The largest absolute Gasteiger partial charge is 0.351 e. The second-order valence-corrected chi connectivity index (χ2v) is 9.15. The van der Waals surface area contributed by atoms with Crippen molar-refractivity contribution in [3.05, 3.63) is 29.8 Å². The molecule has 9 heteroatoms. The third-order valence-electron chi connectivity index (χ3n) is 5.27. The lowest BCUT2D eigenvalue weighted by atomic mass is 10.0. The molecule has 2 aliphatic heterocycles. The van der Waals surface area contributed by atoms with E-state index in [1.54, 1.807) is 0 Å². The first-order valence-corrected chi connectivity index (χ1v) is 11.0. The molecule has 0 bridgehead atoms. The first kappa shape index (κ1) is 22.8. The molecule has 1 aromatic carbocycles. The average Bonchev–Trinajstić information content (AvgIpc) is 2.69. The van der Waals surface area contributed by atoms with Gasteiger partial charge in [0.2, 0.25) is 15.9 Å². The molecule has 2 heterocycles. The number of carbonyl (C=O) groups is 2. The highest BCUT2D eigenvalue weighted by Crippen LogP contribution is 2.26. The molecule has 1 aromatic rings. The highest BCUT2D eigenvalue weighted by Gasteiger charge is 2.38. The Bertz CT molecular complexity index is 792. The lowest BCUT2D eigenvalue weighted by Gasteiger charge is -2.35. The average molecular weight is 430 g/mol. The van der Waals surface area contributed by atoms with Gasteiger partial charge in [0.1, 0.15) is 6.04 Å². The number of piperidine rings is 2. The van der Waals surface area contributed by atoms with Crippen molar-refractivity contribution in [3.8, 4) is 0 Å². The van der Waals surface area contributed by atoms with Gasteiger partial charge >= 0.3 is 0 Å². The summed E-state index contributed by atoms with van der Waals surface area (Å²) >= 11 is 0. The molecular weight excluding hydrogens is 402 g/mol. The van der Waals surface area contributed by atoms with E-state index < -0.39 is 16.1 Å². The van der Waals surface area contributed by atoms with Crippen LogP contribution in [0.3, 0.4) is 0 Å². The highest BCUT2D eigenvalue weighted by molar-refractivity contribution is 7.89. The van der Waals surface area contributed by atoms with Crippen LogP contribution in [0.2, 0.25) is 0 Å². The molecule has 2 unspecified atom stereocenters. The lowest BCUT2D eigenvalue weighted by Crippen LogP contribution is -2.55. The number of carbonyl (C=O) groups excluding carboxylic acids is 2. The highest BCUT2D eigenvalue weighted by atomic mass is 35.5. The number of Topliss-reactive ketones (excluding diaryl/α,β-unsaturated/α-hetero) is 1. The summed E-state index contributed by atoms with van der Waals surface area (Å²) in [5.41, 5.74) is 0.465. The molecule has 2 aliphatic rings. The van der Waals surface area contributed by atoms with Crippen molar-refractivity contribution < 1.29 is 18.0 Å². The maximum absolute atomic E-state index is 13.1. The molecule has 0 aromatic heterocycles. The van der Waals surface area contributed by atoms with Gasteiger partial charge in [-0.15, -0.1) is 12.4 Å². The van der Waals surface area contributed by atoms with Crippen LogP contribution in [0.5, 0.6) is 0 Å². The molecule has 0 aliphatic carbocycles. The van der Waals surface area contributed by atoms with Crippen LogP contribution >= 0.6 is 12.4 Å². The van der Waals surface area contributed by atoms with Crippen LogP contribution in [-0.4, -0.2) is 56.1 Å². The van der Waals surface area contributed by atoms with Gasteiger partial charge in [0.15, 0.2) is 5.78 Å². The van der Waals surface area contributed by atoms with Crippen molar-refractivity contribution in [2.45, 2.75) is 56.0 Å². The Morgan fingerprint density at radius 1 is 1.11 bits per heavy atom. The summed E-state index contributed by atoms with van der Waals surface area (Å²) < 4.78 is 27.6. The van der Waals surface area contributed by atoms with E-state index >= 15 is 0 Å². The minimum absolute atomic E-state index is 0. The van der Waals surface area contributed by atoms with Crippen molar-refractivity contribution in [1.29, 1.82) is 0 Å². The Morgan fingerprint density at radius 2 is 1.82 bits per heavy atom. The van der Waals surface area contributed by atoms with E-state index in [-0.39, 0.29) is 35.0 Å². The molecule has 28 heavy (non-hydrogen) atoms. The fourth-order valence-corrected chi connectivity index (χ4v) is 5.38. The Morgan fingerprint density at radius 3 is 2.43 bits per heavy atom. The molecule has 7 nitrogen and oxygen atoms in total. The molecule has 0 spiro atoms. The maximum Gasteiger partial charge on any atom is 0.243 e. The van der Waals surface area contributed by atoms with Crippen LogP contribution < -0.4 is 10.6 Å². The molecule has 2 atom stereocenters. The van der Waals surface area contributed by atoms with Crippen molar-refractivity contribution >= 4 is 34.1 Å². The van der Waals surface area contributed by atoms with E-state index in [0.717, 1.165) is 38.8 Å². The molecule has 3 rings (SSSR count). The summed E-state index contributed by atoms with van der Waals surface area (Å²) in [5.74, 6) is -0.331. The monoisotopic (exact) mass is 429 g/mol. The Kier molecular flexibility index (Phi) is 8.00. The number of nitrogens with one attached hydrogen (secondary N) is 2. The molecule has 0 radical (unpaired) electrons. The number of nitrogens with zero attached hydrogens (tertiary/aromatic N) is 1. The van der Waals surface area contributed by atoms with Crippen LogP contribution in [0.4, 0.5) is 0 Å². The normalized spacial score (nSPS) is 23.5. The maximum atomic E-state index is 13.1. The number of rotatable bonds is 5. The second-order valence-electron chi connectivity index (χ2n) is 7.26. The number of hydrogen-bond acceptors (Lipinski definition) is 5. The molecule has 156 valence electrons. The summed E-state index contributed by atoms with van der Waals surface area (Å²) in [4.78, 5) is 24.3. The fourth-order valence-electron chi connectivity index (χ4n) is 3.72. The SMILES string of the molecule is CC(=O)c1ccc(S(=O)(=O)N2CCCCC2C(=O)NC2CCCNC2)cc1.Cl. The van der Waals surface area contributed by atoms with Crippen LogP contribution in [0.1, 0.15) is 49.4 Å². The predicted molar refractivity (Wildman–Crippen MR) is 109 cm³/mol. The van der Waals surface area contributed by atoms with Crippen LogP contribution in [0.25, 0.3) is 0 Å². The number of halogens is 1. The third kappa shape index (κ3) is 5.11. The fraction of sp³-hybridized carbons (Fsp3) is 0.579. The van der Waals surface area contributed by atoms with Gasteiger partial charge in [-0.3, -0.25) is 9.59 Å². The first-order valence-electron chi connectivity index (χ1n) is 9.53. The Hall–Kier alpha value is -1.48. The molecular formula is C19H28ClN3O4S. The van der Waals surface area contributed by atoms with E-state index in [1.165, 1.54) is 35.5 Å². The van der Waals surface area contributed by atoms with Gasteiger partial charge in [-0.1, -0.05) is 18.6 Å². The molecule has 1 amide bonds. The summed E-state index contributed by atoms with van der Waals surface area (Å²) in [7, 11) is -3.79. The quantitative estimate of drug-likeness (QED) is 0.695. The van der Waals surface area contributed by atoms with Gasteiger partial charge < -0.3 is 10.6 Å². The summed E-state index contributed by atoms with van der Waals surface area (Å²) in [5, 5.41) is 6.26. The predicted octanol–water partition coefficient (Wildman–Crippen LogP) is 1.72. The van der Waals surface area contributed by atoms with E-state index in [2.05, 4.69) is 10.6 Å². The standard InChI is InChI=1S/C19H27N3O4S.ClH/c1-14(23)15-7-9-17(10-8-15)27(25,26)22-12-3-2-6-18(22)19(24)21-16-5-4-11-20-13-16;/h7-10,16,18,20H,2-6,11-13H2,1H3,(H,21,24);1H. The van der Waals surface area contributed by atoms with Gasteiger partial charge in [0.25, 0.3) is 0 Å². The second kappa shape index (κ2) is 9.82. The van der Waals surface area contributed by atoms with Crippen molar-refractivity contribution in [2.24, 2.45) is 0 Å². The zero-order valence-corrected chi connectivity index (χ0v) is 17.7.